The van der Waals surface area contributed by atoms with Gasteiger partial charge in [-0.1, -0.05) is 0 Å². The Hall–Kier alpha value is -1.15. The summed E-state index contributed by atoms with van der Waals surface area (Å²) in [5.41, 5.74) is 1.83. The Kier molecular flexibility index (Phi) is 1.47. The summed E-state index contributed by atoms with van der Waals surface area (Å²) in [6, 6.07) is 3.81. The van der Waals surface area contributed by atoms with E-state index in [2.05, 4.69) is 29.7 Å². The number of hydrogen-bond donors (Lipinski definition) is 2. The molecule has 5 heteroatoms. The zero-order valence-corrected chi connectivity index (χ0v) is 6.86. The van der Waals surface area contributed by atoms with Crippen LogP contribution >= 0.6 is 9.39 Å². The third kappa shape index (κ3) is 1.05. The van der Waals surface area contributed by atoms with Gasteiger partial charge in [-0.15, -0.1) is 0 Å². The second-order valence-electron chi connectivity index (χ2n) is 2.14. The van der Waals surface area contributed by atoms with Gasteiger partial charge in [-0.05, 0) is 21.5 Å². The fourth-order valence-electron chi connectivity index (χ4n) is 0.911. The van der Waals surface area contributed by atoms with Crippen LogP contribution in [0, 0.1) is 0 Å². The third-order valence-corrected chi connectivity index (χ3v) is 1.74. The summed E-state index contributed by atoms with van der Waals surface area (Å²) in [7, 11) is 2.40. The van der Waals surface area contributed by atoms with E-state index in [1.54, 1.807) is 6.20 Å². The average Bonchev–Trinajstić information content (AvgIpc) is 2.50. The molecule has 0 bridgehead atoms. The van der Waals surface area contributed by atoms with Crippen molar-refractivity contribution in [1.82, 2.24) is 15.2 Å². The first-order chi connectivity index (χ1) is 5.40. The minimum atomic E-state index is 0.823. The molecule has 0 amide bonds. The van der Waals surface area contributed by atoms with Gasteiger partial charge in [0.1, 0.15) is 11.3 Å². The number of H-pyrrole nitrogens is 1. The van der Waals surface area contributed by atoms with E-state index in [0.717, 1.165) is 16.9 Å². The first kappa shape index (κ1) is 6.55. The molecular formula is C6H7N4P. The molecule has 0 saturated heterocycles. The summed E-state index contributed by atoms with van der Waals surface area (Å²) in [5.74, 6) is 0.823. The van der Waals surface area contributed by atoms with Crippen LogP contribution in [-0.2, 0) is 0 Å². The van der Waals surface area contributed by atoms with Crippen LogP contribution in [0.3, 0.4) is 0 Å². The first-order valence-electron chi connectivity index (χ1n) is 3.17. The van der Waals surface area contributed by atoms with Gasteiger partial charge in [0.15, 0.2) is 0 Å². The molecule has 0 aliphatic carbocycles. The van der Waals surface area contributed by atoms with Crippen molar-refractivity contribution in [1.29, 1.82) is 0 Å². The summed E-state index contributed by atoms with van der Waals surface area (Å²) in [5, 5.41) is 9.55. The van der Waals surface area contributed by atoms with Crippen LogP contribution in [-0.4, -0.2) is 15.2 Å². The number of aromatic amines is 1. The Morgan fingerprint density at radius 2 is 2.36 bits per heavy atom. The average molecular weight is 166 g/mol. The molecular weight excluding hydrogens is 159 g/mol. The zero-order chi connectivity index (χ0) is 7.68. The van der Waals surface area contributed by atoms with Crippen LogP contribution in [0.25, 0.3) is 11.0 Å². The molecule has 2 N–H and O–H groups in total. The molecule has 2 heterocycles. The maximum absolute atomic E-state index is 4.23. The van der Waals surface area contributed by atoms with Crippen molar-refractivity contribution < 1.29 is 0 Å². The predicted octanol–water partition coefficient (Wildman–Crippen LogP) is 1.16. The van der Waals surface area contributed by atoms with E-state index in [9.17, 15) is 0 Å². The maximum Gasteiger partial charge on any atom is 0.129 e. The predicted molar refractivity (Wildman–Crippen MR) is 47.2 cm³/mol. The van der Waals surface area contributed by atoms with E-state index in [1.165, 1.54) is 0 Å². The number of rotatable bonds is 1. The minimum Gasteiger partial charge on any atom is -0.355 e. The molecule has 2 aromatic heterocycles. The molecule has 2 rings (SSSR count). The van der Waals surface area contributed by atoms with Gasteiger partial charge in [-0.3, -0.25) is 5.10 Å². The topological polar surface area (TPSA) is 53.6 Å². The van der Waals surface area contributed by atoms with Gasteiger partial charge in [0.2, 0.25) is 0 Å². The van der Waals surface area contributed by atoms with E-state index in [1.807, 2.05) is 12.1 Å². The third-order valence-electron chi connectivity index (χ3n) is 1.44. The Balaban J connectivity index is 2.67. The van der Waals surface area contributed by atoms with Gasteiger partial charge in [-0.2, -0.15) is 5.10 Å². The van der Waals surface area contributed by atoms with Crippen molar-refractivity contribution in [2.24, 2.45) is 0 Å². The monoisotopic (exact) mass is 166 g/mol. The smallest absolute Gasteiger partial charge is 0.129 e. The van der Waals surface area contributed by atoms with Gasteiger partial charge in [0.25, 0.3) is 0 Å². The number of nitrogens with zero attached hydrogens (tertiary/aromatic N) is 2. The minimum absolute atomic E-state index is 0.823. The lowest BCUT2D eigenvalue weighted by molar-refractivity contribution is 1.12. The Morgan fingerprint density at radius 1 is 1.45 bits per heavy atom. The number of aromatic nitrogens is 3. The van der Waals surface area contributed by atoms with Gasteiger partial charge >= 0.3 is 0 Å². The van der Waals surface area contributed by atoms with Crippen LogP contribution in [0.4, 0.5) is 5.82 Å². The molecule has 0 radical (unpaired) electrons. The second kappa shape index (κ2) is 2.47. The normalized spacial score (nSPS) is 10.3. The number of anilines is 1. The Bertz CT molecular complexity index is 369. The number of pyridine rings is 1. The summed E-state index contributed by atoms with van der Waals surface area (Å²) in [6.07, 6.45) is 1.70. The van der Waals surface area contributed by atoms with Crippen LogP contribution in [0.1, 0.15) is 0 Å². The first-order valence-corrected chi connectivity index (χ1v) is 3.74. The van der Waals surface area contributed by atoms with Crippen molar-refractivity contribution >= 4 is 26.2 Å². The molecule has 0 aromatic carbocycles. The summed E-state index contributed by atoms with van der Waals surface area (Å²) in [6.45, 7) is 0. The zero-order valence-electron chi connectivity index (χ0n) is 5.70. The van der Waals surface area contributed by atoms with Crippen molar-refractivity contribution in [3.8, 4) is 0 Å². The van der Waals surface area contributed by atoms with Gasteiger partial charge in [0.05, 0.1) is 11.7 Å². The molecule has 0 saturated carbocycles. The number of hydrogen-bond acceptors (Lipinski definition) is 3. The molecule has 11 heavy (non-hydrogen) atoms. The van der Waals surface area contributed by atoms with Crippen molar-refractivity contribution in [3.63, 3.8) is 0 Å². The van der Waals surface area contributed by atoms with E-state index < -0.39 is 0 Å². The van der Waals surface area contributed by atoms with Crippen molar-refractivity contribution in [3.05, 3.63) is 18.3 Å². The lowest BCUT2D eigenvalue weighted by Gasteiger charge is -1.95. The lowest BCUT2D eigenvalue weighted by Crippen LogP contribution is -1.83. The van der Waals surface area contributed by atoms with Gasteiger partial charge in [0, 0.05) is 0 Å². The molecule has 56 valence electrons. The molecule has 1 unspecified atom stereocenters. The highest BCUT2D eigenvalue weighted by Crippen LogP contribution is 2.12. The van der Waals surface area contributed by atoms with Crippen LogP contribution in [0.2, 0.25) is 0 Å². The second-order valence-corrected chi connectivity index (χ2v) is 2.43. The molecule has 1 atom stereocenters. The highest BCUT2D eigenvalue weighted by Gasteiger charge is 1.96. The van der Waals surface area contributed by atoms with Crippen LogP contribution in [0.5, 0.6) is 0 Å². The quantitative estimate of drug-likeness (QED) is 0.625. The molecule has 0 spiro atoms. The molecule has 4 nitrogen and oxygen atoms in total. The Labute approximate surface area is 65.7 Å². The molecule has 2 aromatic rings. The fraction of sp³-hybridized carbons (Fsp3) is 0. The summed E-state index contributed by atoms with van der Waals surface area (Å²) in [4.78, 5) is 4.23. The highest BCUT2D eigenvalue weighted by atomic mass is 31.0. The SMILES string of the molecule is PNc1ccc2[nH]ncc2n1. The number of nitrogens with one attached hydrogen (secondary N) is 2. The largest absolute Gasteiger partial charge is 0.355 e. The number of fused-ring (bicyclic) bond motifs is 1. The van der Waals surface area contributed by atoms with Crippen LogP contribution in [0.15, 0.2) is 18.3 Å². The van der Waals surface area contributed by atoms with Crippen molar-refractivity contribution in [2.75, 3.05) is 5.09 Å². The summed E-state index contributed by atoms with van der Waals surface area (Å²) >= 11 is 0. The van der Waals surface area contributed by atoms with Gasteiger partial charge in [-0.25, -0.2) is 4.98 Å². The van der Waals surface area contributed by atoms with Crippen molar-refractivity contribution in [2.45, 2.75) is 0 Å². The van der Waals surface area contributed by atoms with Gasteiger partial charge < -0.3 is 5.09 Å². The maximum atomic E-state index is 4.23. The fourth-order valence-corrected chi connectivity index (χ4v) is 1.07. The summed E-state index contributed by atoms with van der Waals surface area (Å²) < 4.78 is 0. The van der Waals surface area contributed by atoms with E-state index in [4.69, 9.17) is 0 Å². The van der Waals surface area contributed by atoms with E-state index in [-0.39, 0.29) is 0 Å². The standard InChI is InChI=1S/C6H7N4P/c11-10-6-2-1-4-5(8-6)3-7-9-4/h1-3H,11H2,(H,7,9)(H,8,10). The molecule has 0 fully saturated rings. The lowest BCUT2D eigenvalue weighted by atomic mass is 10.4. The molecule has 0 aliphatic rings. The van der Waals surface area contributed by atoms with E-state index >= 15 is 0 Å². The van der Waals surface area contributed by atoms with E-state index in [0.29, 0.717) is 0 Å². The highest BCUT2D eigenvalue weighted by molar-refractivity contribution is 7.18. The Morgan fingerprint density at radius 3 is 3.18 bits per heavy atom. The van der Waals surface area contributed by atoms with Crippen LogP contribution < -0.4 is 5.09 Å². The molecule has 0 aliphatic heterocycles.